The van der Waals surface area contributed by atoms with Gasteiger partial charge in [0, 0.05) is 19.2 Å². The van der Waals surface area contributed by atoms with Crippen LogP contribution >= 0.6 is 0 Å². The fraction of sp³-hybridized carbons (Fsp3) is 0.308. The van der Waals surface area contributed by atoms with E-state index >= 15 is 0 Å². The third-order valence-electron chi connectivity index (χ3n) is 6.53. The minimum Gasteiger partial charge on any atom is -0.480 e. The van der Waals surface area contributed by atoms with Gasteiger partial charge in [-0.1, -0.05) is 48.5 Å². The van der Waals surface area contributed by atoms with Crippen molar-refractivity contribution < 1.29 is 24.2 Å². The summed E-state index contributed by atoms with van der Waals surface area (Å²) in [6, 6.07) is 15.2. The topological polar surface area (TPSA) is 114 Å². The van der Waals surface area contributed by atoms with E-state index in [1.54, 1.807) is 13.8 Å². The lowest BCUT2D eigenvalue weighted by atomic mass is 9.98. The predicted octanol–water partition coefficient (Wildman–Crippen LogP) is 3.91. The van der Waals surface area contributed by atoms with Crippen LogP contribution in [-0.4, -0.2) is 57.5 Å². The fourth-order valence-electron chi connectivity index (χ4n) is 4.32. The van der Waals surface area contributed by atoms with E-state index in [2.05, 4.69) is 22.5 Å². The Balaban J connectivity index is 1.41. The summed E-state index contributed by atoms with van der Waals surface area (Å²) in [5, 5.41) is 16.0. The number of nitrogens with zero attached hydrogens (tertiary/aromatic N) is 3. The van der Waals surface area contributed by atoms with Crippen molar-refractivity contribution in [3.63, 3.8) is 0 Å². The van der Waals surface area contributed by atoms with Gasteiger partial charge in [-0.15, -0.1) is 0 Å². The highest BCUT2D eigenvalue weighted by atomic mass is 16.5. The number of carbonyl (C=O) groups is 3. The number of hydrogen-bond donors (Lipinski definition) is 2. The lowest BCUT2D eigenvalue weighted by Gasteiger charge is -2.31. The maximum Gasteiger partial charge on any atom is 0.411 e. The van der Waals surface area contributed by atoms with Crippen LogP contribution < -0.4 is 5.32 Å². The Labute approximate surface area is 203 Å². The molecule has 0 saturated heterocycles. The van der Waals surface area contributed by atoms with Gasteiger partial charge in [-0.2, -0.15) is 5.10 Å². The molecule has 0 spiro atoms. The number of carboxylic acids is 1. The molecule has 182 valence electrons. The second-order valence-electron chi connectivity index (χ2n) is 9.11. The molecule has 3 aromatic rings. The minimum absolute atomic E-state index is 0.0563. The molecule has 35 heavy (non-hydrogen) atoms. The van der Waals surface area contributed by atoms with E-state index in [-0.39, 0.29) is 12.5 Å². The number of benzene rings is 2. The number of aliphatic carboxylic acids is 1. The Kier molecular flexibility index (Phi) is 6.34. The summed E-state index contributed by atoms with van der Waals surface area (Å²) in [5.74, 6) is -1.59. The lowest BCUT2D eigenvalue weighted by Crippen LogP contribution is -2.50. The van der Waals surface area contributed by atoms with Crippen LogP contribution in [0.4, 0.5) is 10.5 Å². The first-order valence-electron chi connectivity index (χ1n) is 11.3. The number of fused-ring (bicyclic) bond motifs is 3. The third kappa shape index (κ3) is 4.49. The summed E-state index contributed by atoms with van der Waals surface area (Å²) in [5.41, 5.74) is 3.72. The minimum atomic E-state index is -1.17. The molecule has 4 rings (SSSR count). The number of rotatable bonds is 7. The molecule has 9 nitrogen and oxygen atoms in total. The average molecular weight is 477 g/mol. The zero-order chi connectivity index (χ0) is 25.3. The van der Waals surface area contributed by atoms with Crippen LogP contribution in [0.15, 0.2) is 60.9 Å². The lowest BCUT2D eigenvalue weighted by molar-refractivity contribution is -0.151. The van der Waals surface area contributed by atoms with E-state index in [1.165, 1.54) is 31.0 Å². The molecule has 1 aromatic heterocycles. The van der Waals surface area contributed by atoms with Crippen LogP contribution in [0, 0.1) is 0 Å². The van der Waals surface area contributed by atoms with Crippen molar-refractivity contribution in [3.8, 4) is 11.1 Å². The standard InChI is InChI=1S/C26H28N4O5/c1-16(23(31)32)29(4)24(33)26(2,3)30-14-17(13-27-30)28-25(34)35-15-22-20-11-7-5-9-18(20)19-10-6-8-12-21(19)22/h5-14,16,22H,15H2,1-4H3,(H,28,34)(H,31,32). The Morgan fingerprint density at radius 3 is 2.26 bits per heavy atom. The van der Waals surface area contributed by atoms with Crippen molar-refractivity contribution in [2.24, 2.45) is 0 Å². The highest BCUT2D eigenvalue weighted by Crippen LogP contribution is 2.44. The molecule has 1 aliphatic rings. The van der Waals surface area contributed by atoms with Crippen LogP contribution in [0.1, 0.15) is 37.8 Å². The van der Waals surface area contributed by atoms with Crippen molar-refractivity contribution in [2.45, 2.75) is 38.3 Å². The van der Waals surface area contributed by atoms with Gasteiger partial charge in [0.05, 0.1) is 11.9 Å². The summed E-state index contributed by atoms with van der Waals surface area (Å²) in [4.78, 5) is 37.8. The van der Waals surface area contributed by atoms with Crippen LogP contribution in [0.25, 0.3) is 11.1 Å². The highest BCUT2D eigenvalue weighted by molar-refractivity contribution is 5.88. The first-order chi connectivity index (χ1) is 16.6. The van der Waals surface area contributed by atoms with E-state index in [1.807, 2.05) is 36.4 Å². The third-order valence-corrected chi connectivity index (χ3v) is 6.53. The number of nitrogens with one attached hydrogen (secondary N) is 1. The number of carbonyl (C=O) groups excluding carboxylic acids is 2. The van der Waals surface area contributed by atoms with Gasteiger partial charge in [0.1, 0.15) is 18.2 Å². The number of aromatic nitrogens is 2. The van der Waals surface area contributed by atoms with Gasteiger partial charge in [-0.25, -0.2) is 9.59 Å². The Hall–Kier alpha value is -4.14. The van der Waals surface area contributed by atoms with Crippen LogP contribution in [0.2, 0.25) is 0 Å². The maximum atomic E-state index is 12.9. The number of anilines is 1. The van der Waals surface area contributed by atoms with Crippen LogP contribution in [0.3, 0.4) is 0 Å². The normalized spacial score (nSPS) is 13.5. The van der Waals surface area contributed by atoms with Gasteiger partial charge in [0.25, 0.3) is 0 Å². The molecule has 0 fully saturated rings. The summed E-state index contributed by atoms with van der Waals surface area (Å²) in [7, 11) is 1.43. The number of amides is 2. The molecule has 1 heterocycles. The van der Waals surface area contributed by atoms with Crippen molar-refractivity contribution in [3.05, 3.63) is 72.1 Å². The van der Waals surface area contributed by atoms with Crippen molar-refractivity contribution in [1.82, 2.24) is 14.7 Å². The maximum absolute atomic E-state index is 12.9. The van der Waals surface area contributed by atoms with Crippen molar-refractivity contribution in [1.29, 1.82) is 0 Å². The summed E-state index contributed by atoms with van der Waals surface area (Å²) >= 11 is 0. The molecule has 1 unspecified atom stereocenters. The number of hydrogen-bond acceptors (Lipinski definition) is 5. The van der Waals surface area contributed by atoms with E-state index in [9.17, 15) is 19.5 Å². The Bertz CT molecular complexity index is 1240. The quantitative estimate of drug-likeness (QED) is 0.535. The first kappa shape index (κ1) is 24.0. The van der Waals surface area contributed by atoms with E-state index in [4.69, 9.17) is 4.74 Å². The van der Waals surface area contributed by atoms with Gasteiger partial charge < -0.3 is 14.7 Å². The molecule has 2 amide bonds. The highest BCUT2D eigenvalue weighted by Gasteiger charge is 2.37. The molecule has 2 aromatic carbocycles. The largest absolute Gasteiger partial charge is 0.480 e. The van der Waals surface area contributed by atoms with Gasteiger partial charge in [0.15, 0.2) is 0 Å². The Morgan fingerprint density at radius 2 is 1.69 bits per heavy atom. The molecule has 9 heteroatoms. The van der Waals surface area contributed by atoms with E-state index < -0.39 is 29.6 Å². The van der Waals surface area contributed by atoms with E-state index in [0.717, 1.165) is 27.2 Å². The first-order valence-corrected chi connectivity index (χ1v) is 11.3. The van der Waals surface area contributed by atoms with Gasteiger partial charge >= 0.3 is 12.1 Å². The average Bonchev–Trinajstić information content (AvgIpc) is 3.44. The summed E-state index contributed by atoms with van der Waals surface area (Å²) < 4.78 is 6.94. The molecular weight excluding hydrogens is 448 g/mol. The molecule has 0 radical (unpaired) electrons. The summed E-state index contributed by atoms with van der Waals surface area (Å²) in [6.45, 7) is 4.87. The smallest absolute Gasteiger partial charge is 0.411 e. The molecule has 1 aliphatic carbocycles. The number of carboxylic acid groups (broad SMARTS) is 1. The molecule has 0 bridgehead atoms. The van der Waals surface area contributed by atoms with Crippen LogP contribution in [-0.2, 0) is 19.9 Å². The monoisotopic (exact) mass is 476 g/mol. The SMILES string of the molecule is CC(C(=O)O)N(C)C(=O)C(C)(C)n1cc(NC(=O)OCC2c3ccccc3-c3ccccc32)cn1. The number of likely N-dealkylation sites (N-methyl/N-ethyl adjacent to an activating group) is 1. The van der Waals surface area contributed by atoms with Crippen molar-refractivity contribution >= 4 is 23.7 Å². The predicted molar refractivity (Wildman–Crippen MR) is 130 cm³/mol. The second-order valence-corrected chi connectivity index (χ2v) is 9.11. The zero-order valence-corrected chi connectivity index (χ0v) is 20.1. The molecule has 1 atom stereocenters. The molecule has 2 N–H and O–H groups in total. The summed E-state index contributed by atoms with van der Waals surface area (Å²) in [6.07, 6.45) is 2.29. The van der Waals surface area contributed by atoms with Gasteiger partial charge in [0.2, 0.25) is 5.91 Å². The van der Waals surface area contributed by atoms with Gasteiger partial charge in [-0.05, 0) is 43.0 Å². The van der Waals surface area contributed by atoms with Crippen molar-refractivity contribution in [2.75, 3.05) is 19.0 Å². The zero-order valence-electron chi connectivity index (χ0n) is 20.1. The number of ether oxygens (including phenoxy) is 1. The fourth-order valence-corrected chi connectivity index (χ4v) is 4.32. The van der Waals surface area contributed by atoms with E-state index in [0.29, 0.717) is 5.69 Å². The second kappa shape index (κ2) is 9.25. The Morgan fingerprint density at radius 1 is 1.11 bits per heavy atom. The molecule has 0 saturated carbocycles. The molecule has 0 aliphatic heterocycles. The van der Waals surface area contributed by atoms with Crippen LogP contribution in [0.5, 0.6) is 0 Å². The van der Waals surface area contributed by atoms with Gasteiger partial charge in [-0.3, -0.25) is 14.8 Å². The molecular formula is C26H28N4O5.